The van der Waals surface area contributed by atoms with Crippen molar-refractivity contribution in [1.29, 1.82) is 0 Å². The highest BCUT2D eigenvalue weighted by Crippen LogP contribution is 2.33. The van der Waals surface area contributed by atoms with E-state index in [1.165, 1.54) is 19.1 Å². The Labute approximate surface area is 125 Å². The molecule has 0 fully saturated rings. The minimum Gasteiger partial charge on any atom is -0.478 e. The van der Waals surface area contributed by atoms with E-state index < -0.39 is 11.9 Å². The van der Waals surface area contributed by atoms with Crippen LogP contribution >= 0.6 is 0 Å². The Morgan fingerprint density at radius 1 is 1.05 bits per heavy atom. The number of carbonyl (C=O) groups is 2. The Kier molecular flexibility index (Phi) is 3.14. The van der Waals surface area contributed by atoms with Gasteiger partial charge in [0.2, 0.25) is 0 Å². The van der Waals surface area contributed by atoms with Gasteiger partial charge in [0.15, 0.2) is 0 Å². The number of hydrogen-bond donors (Lipinski definition) is 3. The van der Waals surface area contributed by atoms with Crippen molar-refractivity contribution >= 4 is 22.8 Å². The molecule has 1 heterocycles. The topological polar surface area (TPSA) is 103 Å². The van der Waals surface area contributed by atoms with Gasteiger partial charge in [-0.05, 0) is 35.7 Å². The highest BCUT2D eigenvalue weighted by atomic mass is 16.4. The van der Waals surface area contributed by atoms with Gasteiger partial charge in [-0.3, -0.25) is 5.10 Å². The molecular weight excluding hydrogens is 284 g/mol. The van der Waals surface area contributed by atoms with E-state index in [2.05, 4.69) is 10.2 Å². The Hall–Kier alpha value is -3.15. The number of aromatic amines is 1. The number of carboxylic acid groups (broad SMARTS) is 2. The highest BCUT2D eigenvalue weighted by molar-refractivity contribution is 6.06. The number of rotatable bonds is 3. The van der Waals surface area contributed by atoms with E-state index in [9.17, 15) is 14.7 Å². The predicted molar refractivity (Wildman–Crippen MR) is 80.2 cm³/mol. The highest BCUT2D eigenvalue weighted by Gasteiger charge is 2.21. The second-order valence-corrected chi connectivity index (χ2v) is 4.91. The average molecular weight is 296 g/mol. The standard InChI is InChI=1S/C16H12N2O4/c1-8-9(15(19)20)5-6-11(14(8)16(21)22)10-3-2-4-13-12(10)7-17-18-13/h2-7H,1H3,(H,17,18)(H,19,20)(H,21,22). The first-order chi connectivity index (χ1) is 10.5. The first kappa shape index (κ1) is 13.8. The molecule has 0 spiro atoms. The second kappa shape index (κ2) is 5.00. The van der Waals surface area contributed by atoms with Crippen molar-refractivity contribution in [3.8, 4) is 11.1 Å². The smallest absolute Gasteiger partial charge is 0.336 e. The number of carboxylic acids is 2. The monoisotopic (exact) mass is 296 g/mol. The molecule has 0 bridgehead atoms. The summed E-state index contributed by atoms with van der Waals surface area (Å²) in [6.07, 6.45) is 1.62. The van der Waals surface area contributed by atoms with Crippen LogP contribution in [0, 0.1) is 6.92 Å². The number of hydrogen-bond acceptors (Lipinski definition) is 3. The summed E-state index contributed by atoms with van der Waals surface area (Å²) in [5.41, 5.74) is 2.17. The maximum Gasteiger partial charge on any atom is 0.336 e. The quantitative estimate of drug-likeness (QED) is 0.689. The van der Waals surface area contributed by atoms with Crippen molar-refractivity contribution in [3.63, 3.8) is 0 Å². The minimum absolute atomic E-state index is 0.00593. The molecule has 3 aromatic rings. The molecule has 6 heteroatoms. The van der Waals surface area contributed by atoms with Crippen LogP contribution in [0.1, 0.15) is 26.3 Å². The first-order valence-corrected chi connectivity index (χ1v) is 6.53. The molecule has 0 aliphatic carbocycles. The van der Waals surface area contributed by atoms with Crippen LogP contribution in [0.25, 0.3) is 22.0 Å². The summed E-state index contributed by atoms with van der Waals surface area (Å²) in [7, 11) is 0. The van der Waals surface area contributed by atoms with E-state index in [0.29, 0.717) is 11.1 Å². The summed E-state index contributed by atoms with van der Waals surface area (Å²) in [6, 6.07) is 8.38. The molecule has 110 valence electrons. The van der Waals surface area contributed by atoms with E-state index in [1.807, 2.05) is 6.07 Å². The van der Waals surface area contributed by atoms with Gasteiger partial charge in [0.05, 0.1) is 22.8 Å². The van der Waals surface area contributed by atoms with Gasteiger partial charge >= 0.3 is 11.9 Å². The molecule has 0 amide bonds. The molecule has 0 saturated heterocycles. The number of nitrogens with zero attached hydrogens (tertiary/aromatic N) is 1. The van der Waals surface area contributed by atoms with Gasteiger partial charge < -0.3 is 10.2 Å². The van der Waals surface area contributed by atoms with Gasteiger partial charge in [-0.25, -0.2) is 9.59 Å². The van der Waals surface area contributed by atoms with Gasteiger partial charge in [0.1, 0.15) is 0 Å². The zero-order valence-electron chi connectivity index (χ0n) is 11.6. The Bertz CT molecular complexity index is 912. The zero-order chi connectivity index (χ0) is 15.9. The van der Waals surface area contributed by atoms with Crippen LogP contribution in [-0.4, -0.2) is 32.3 Å². The molecule has 3 N–H and O–H groups in total. The van der Waals surface area contributed by atoms with Crippen molar-refractivity contribution in [2.75, 3.05) is 0 Å². The molecular formula is C16H12N2O4. The normalized spacial score (nSPS) is 10.8. The SMILES string of the molecule is Cc1c(C(=O)O)ccc(-c2cccc3[nH]ncc23)c1C(=O)O. The van der Waals surface area contributed by atoms with Gasteiger partial charge in [-0.2, -0.15) is 5.10 Å². The van der Waals surface area contributed by atoms with E-state index in [0.717, 1.165) is 10.9 Å². The number of nitrogens with one attached hydrogen (secondary N) is 1. The first-order valence-electron chi connectivity index (χ1n) is 6.53. The number of H-pyrrole nitrogens is 1. The lowest BCUT2D eigenvalue weighted by atomic mass is 9.91. The maximum absolute atomic E-state index is 11.6. The molecule has 22 heavy (non-hydrogen) atoms. The molecule has 1 aromatic heterocycles. The molecule has 0 unspecified atom stereocenters. The van der Waals surface area contributed by atoms with Gasteiger partial charge in [-0.1, -0.05) is 18.2 Å². The lowest BCUT2D eigenvalue weighted by molar-refractivity contribution is 0.0696. The third kappa shape index (κ3) is 2.01. The largest absolute Gasteiger partial charge is 0.478 e. The maximum atomic E-state index is 11.6. The van der Waals surface area contributed by atoms with Gasteiger partial charge in [0, 0.05) is 5.39 Å². The fourth-order valence-electron chi connectivity index (χ4n) is 2.65. The molecule has 0 saturated carbocycles. The summed E-state index contributed by atoms with van der Waals surface area (Å²) in [5.74, 6) is -2.30. The molecule has 0 atom stereocenters. The van der Waals surface area contributed by atoms with Crippen molar-refractivity contribution in [2.45, 2.75) is 6.92 Å². The Balaban J connectivity index is 2.36. The molecule has 6 nitrogen and oxygen atoms in total. The number of aromatic nitrogens is 2. The number of benzene rings is 2. The zero-order valence-corrected chi connectivity index (χ0v) is 11.6. The minimum atomic E-state index is -1.16. The lowest BCUT2D eigenvalue weighted by Gasteiger charge is -2.12. The predicted octanol–water partition coefficient (Wildman–Crippen LogP) is 2.93. The Morgan fingerprint density at radius 2 is 1.82 bits per heavy atom. The van der Waals surface area contributed by atoms with E-state index in [-0.39, 0.29) is 16.7 Å². The third-order valence-electron chi connectivity index (χ3n) is 3.68. The van der Waals surface area contributed by atoms with Crippen molar-refractivity contribution in [2.24, 2.45) is 0 Å². The van der Waals surface area contributed by atoms with Crippen LogP contribution < -0.4 is 0 Å². The molecule has 0 radical (unpaired) electrons. The summed E-state index contributed by atoms with van der Waals surface area (Å²) in [6.45, 7) is 1.51. The van der Waals surface area contributed by atoms with Crippen LogP contribution in [0.5, 0.6) is 0 Å². The van der Waals surface area contributed by atoms with Crippen molar-refractivity contribution in [3.05, 3.63) is 53.2 Å². The summed E-state index contributed by atoms with van der Waals surface area (Å²) in [5, 5.41) is 26.3. The van der Waals surface area contributed by atoms with E-state index >= 15 is 0 Å². The van der Waals surface area contributed by atoms with E-state index in [1.54, 1.807) is 18.3 Å². The van der Waals surface area contributed by atoms with Crippen LogP contribution in [0.15, 0.2) is 36.5 Å². The fraction of sp³-hybridized carbons (Fsp3) is 0.0625. The van der Waals surface area contributed by atoms with Crippen LogP contribution in [0.4, 0.5) is 0 Å². The van der Waals surface area contributed by atoms with Gasteiger partial charge in [-0.15, -0.1) is 0 Å². The number of aromatic carboxylic acids is 2. The van der Waals surface area contributed by atoms with E-state index in [4.69, 9.17) is 5.11 Å². The lowest BCUT2D eigenvalue weighted by Crippen LogP contribution is -2.09. The van der Waals surface area contributed by atoms with Crippen LogP contribution in [-0.2, 0) is 0 Å². The summed E-state index contributed by atoms with van der Waals surface area (Å²) in [4.78, 5) is 22.9. The van der Waals surface area contributed by atoms with Crippen LogP contribution in [0.3, 0.4) is 0 Å². The fourth-order valence-corrected chi connectivity index (χ4v) is 2.65. The van der Waals surface area contributed by atoms with Crippen LogP contribution in [0.2, 0.25) is 0 Å². The second-order valence-electron chi connectivity index (χ2n) is 4.91. The van der Waals surface area contributed by atoms with Crippen molar-refractivity contribution < 1.29 is 19.8 Å². The molecule has 0 aliphatic rings. The molecule has 3 rings (SSSR count). The summed E-state index contributed by atoms with van der Waals surface area (Å²) >= 11 is 0. The average Bonchev–Trinajstić information content (AvgIpc) is 2.94. The van der Waals surface area contributed by atoms with Gasteiger partial charge in [0.25, 0.3) is 0 Å². The Morgan fingerprint density at radius 3 is 2.50 bits per heavy atom. The number of fused-ring (bicyclic) bond motifs is 1. The third-order valence-corrected chi connectivity index (χ3v) is 3.68. The van der Waals surface area contributed by atoms with Crippen molar-refractivity contribution in [1.82, 2.24) is 10.2 Å². The molecule has 2 aromatic carbocycles. The summed E-state index contributed by atoms with van der Waals surface area (Å²) < 4.78 is 0. The molecule has 0 aliphatic heterocycles.